The smallest absolute Gasteiger partial charge is 0.310 e. The fourth-order valence-corrected chi connectivity index (χ4v) is 3.19. The van der Waals surface area contributed by atoms with Crippen LogP contribution >= 0.6 is 0 Å². The predicted molar refractivity (Wildman–Crippen MR) is 107 cm³/mol. The maximum absolute atomic E-state index is 9.00. The van der Waals surface area contributed by atoms with Crippen LogP contribution in [0.4, 0.5) is 5.82 Å². The number of fused-ring (bicyclic) bond motifs is 1. The van der Waals surface area contributed by atoms with Gasteiger partial charge >= 0.3 is 6.34 Å². The molecule has 1 aliphatic heterocycles. The van der Waals surface area contributed by atoms with Crippen LogP contribution in [0.5, 0.6) is 5.75 Å². The first-order chi connectivity index (χ1) is 14.1. The maximum Gasteiger partial charge on any atom is 0.310 e. The van der Waals surface area contributed by atoms with Crippen molar-refractivity contribution >= 4 is 12.2 Å². The number of azo groups is 2. The molecule has 0 aliphatic carbocycles. The van der Waals surface area contributed by atoms with Crippen molar-refractivity contribution in [1.29, 1.82) is 5.26 Å². The minimum atomic E-state index is -0.529. The number of benzene rings is 2. The van der Waals surface area contributed by atoms with Crippen LogP contribution in [0.15, 0.2) is 58.6 Å². The Labute approximate surface area is 168 Å². The van der Waals surface area contributed by atoms with E-state index in [0.29, 0.717) is 23.6 Å². The van der Waals surface area contributed by atoms with Crippen LogP contribution in [0.25, 0.3) is 5.69 Å². The number of nitrogens with two attached hydrogens (primary N) is 1. The third-order valence-electron chi connectivity index (χ3n) is 4.74. The molecule has 0 saturated heterocycles. The minimum absolute atomic E-state index is 0.467. The van der Waals surface area contributed by atoms with Gasteiger partial charge in [-0.1, -0.05) is 12.1 Å². The number of aliphatic imine (C=N–C) groups is 1. The summed E-state index contributed by atoms with van der Waals surface area (Å²) in [7, 11) is 1.64. The van der Waals surface area contributed by atoms with Crippen LogP contribution in [0, 0.1) is 18.3 Å². The van der Waals surface area contributed by atoms with E-state index in [4.69, 9.17) is 15.7 Å². The van der Waals surface area contributed by atoms with Gasteiger partial charge in [0.05, 0.1) is 24.4 Å². The lowest BCUT2D eigenvalue weighted by Crippen LogP contribution is -2.27. The maximum atomic E-state index is 9.00. The molecule has 2 aromatic carbocycles. The summed E-state index contributed by atoms with van der Waals surface area (Å²) < 4.78 is 8.73. The van der Waals surface area contributed by atoms with Crippen molar-refractivity contribution in [2.75, 3.05) is 7.11 Å². The molecule has 1 atom stereocenters. The van der Waals surface area contributed by atoms with Gasteiger partial charge in [0.2, 0.25) is 6.17 Å². The Kier molecular flexibility index (Phi) is 4.89. The third-order valence-corrected chi connectivity index (χ3v) is 4.74. The molecular weight excluding hydrogens is 366 g/mol. The SMILES string of the molecule is COc1ccc(CN=[N+]2C=Nc3c(nc(C)n3-c3ccc(C#N)cc3)C2N)cc1. The summed E-state index contributed by atoms with van der Waals surface area (Å²) >= 11 is 0. The molecule has 0 spiro atoms. The Hall–Kier alpha value is -3.83. The van der Waals surface area contributed by atoms with E-state index in [1.165, 1.54) is 0 Å². The molecule has 3 aromatic rings. The summed E-state index contributed by atoms with van der Waals surface area (Å²) in [5.74, 6) is 2.25. The first-order valence-electron chi connectivity index (χ1n) is 9.09. The third kappa shape index (κ3) is 3.51. The molecule has 8 heteroatoms. The number of aryl methyl sites for hydroxylation is 1. The number of hydrogen-bond acceptors (Lipinski definition) is 6. The summed E-state index contributed by atoms with van der Waals surface area (Å²) in [6.45, 7) is 2.37. The van der Waals surface area contributed by atoms with Gasteiger partial charge in [-0.2, -0.15) is 5.26 Å². The molecule has 0 fully saturated rings. The highest BCUT2D eigenvalue weighted by atomic mass is 16.5. The van der Waals surface area contributed by atoms with E-state index in [2.05, 4.69) is 21.2 Å². The van der Waals surface area contributed by atoms with Crippen LogP contribution in [0.1, 0.15) is 28.8 Å². The predicted octanol–water partition coefficient (Wildman–Crippen LogP) is 3.36. The second-order valence-electron chi connectivity index (χ2n) is 6.58. The normalized spacial score (nSPS) is 16.5. The molecule has 1 unspecified atom stereocenters. The number of aromatic nitrogens is 2. The molecular formula is C21H20N7O+. The lowest BCUT2D eigenvalue weighted by atomic mass is 10.2. The summed E-state index contributed by atoms with van der Waals surface area (Å²) in [4.78, 5) is 9.17. The minimum Gasteiger partial charge on any atom is -0.497 e. The lowest BCUT2D eigenvalue weighted by Gasteiger charge is -2.11. The summed E-state index contributed by atoms with van der Waals surface area (Å²) in [5.41, 5.74) is 9.59. The van der Waals surface area contributed by atoms with Crippen molar-refractivity contribution < 1.29 is 9.43 Å². The Morgan fingerprint density at radius 2 is 1.93 bits per heavy atom. The molecule has 29 heavy (non-hydrogen) atoms. The Balaban J connectivity index is 1.62. The quantitative estimate of drug-likeness (QED) is 0.694. The van der Waals surface area contributed by atoms with E-state index in [-0.39, 0.29) is 0 Å². The monoisotopic (exact) mass is 386 g/mol. The van der Waals surface area contributed by atoms with Gasteiger partial charge in [-0.25, -0.2) is 4.98 Å². The number of rotatable bonds is 4. The highest BCUT2D eigenvalue weighted by Gasteiger charge is 2.33. The van der Waals surface area contributed by atoms with Gasteiger partial charge in [-0.15, -0.1) is 9.81 Å². The van der Waals surface area contributed by atoms with Crippen molar-refractivity contribution in [1.82, 2.24) is 9.55 Å². The highest BCUT2D eigenvalue weighted by Crippen LogP contribution is 2.32. The topological polar surface area (TPSA) is 105 Å². The van der Waals surface area contributed by atoms with Crippen LogP contribution in [0.3, 0.4) is 0 Å². The van der Waals surface area contributed by atoms with Crippen LogP contribution in [-0.2, 0) is 6.54 Å². The van der Waals surface area contributed by atoms with Gasteiger partial charge in [0, 0.05) is 0 Å². The van der Waals surface area contributed by atoms with E-state index >= 15 is 0 Å². The molecule has 0 amide bonds. The van der Waals surface area contributed by atoms with Gasteiger partial charge in [0.25, 0.3) is 5.82 Å². The molecule has 0 bridgehead atoms. The largest absolute Gasteiger partial charge is 0.497 e. The molecule has 0 saturated carbocycles. The summed E-state index contributed by atoms with van der Waals surface area (Å²) in [6, 6.07) is 17.1. The number of imidazole rings is 1. The van der Waals surface area contributed by atoms with Gasteiger partial charge in [0.1, 0.15) is 18.1 Å². The average Bonchev–Trinajstić information content (AvgIpc) is 3.10. The molecule has 1 aliphatic rings. The molecule has 4 rings (SSSR count). The van der Waals surface area contributed by atoms with Crippen molar-refractivity contribution in [2.45, 2.75) is 19.6 Å². The molecule has 2 N–H and O–H groups in total. The molecule has 8 nitrogen and oxygen atoms in total. The first-order valence-corrected chi connectivity index (χ1v) is 9.09. The number of ether oxygens (including phenoxy) is 1. The average molecular weight is 386 g/mol. The van der Waals surface area contributed by atoms with Gasteiger partial charge < -0.3 is 4.74 Å². The van der Waals surface area contributed by atoms with E-state index in [1.807, 2.05) is 47.9 Å². The highest BCUT2D eigenvalue weighted by molar-refractivity contribution is 5.60. The lowest BCUT2D eigenvalue weighted by molar-refractivity contribution is -0.525. The molecule has 144 valence electrons. The van der Waals surface area contributed by atoms with Crippen LogP contribution < -0.4 is 10.5 Å². The van der Waals surface area contributed by atoms with E-state index < -0.39 is 6.17 Å². The summed E-state index contributed by atoms with van der Waals surface area (Å²) in [5, 5.41) is 13.6. The molecule has 1 aromatic heterocycles. The number of nitriles is 1. The van der Waals surface area contributed by atoms with Crippen LogP contribution in [0.2, 0.25) is 0 Å². The Morgan fingerprint density at radius 3 is 2.59 bits per heavy atom. The Morgan fingerprint density at radius 1 is 1.21 bits per heavy atom. The van der Waals surface area contributed by atoms with Crippen molar-refractivity contribution in [3.8, 4) is 17.5 Å². The number of methoxy groups -OCH3 is 1. The van der Waals surface area contributed by atoms with Crippen molar-refractivity contribution in [3.05, 3.63) is 71.2 Å². The number of nitrogens with zero attached hydrogens (tertiary/aromatic N) is 6. The van der Waals surface area contributed by atoms with E-state index in [1.54, 1.807) is 30.3 Å². The van der Waals surface area contributed by atoms with Crippen molar-refractivity contribution in [2.24, 2.45) is 15.8 Å². The van der Waals surface area contributed by atoms with Crippen LogP contribution in [-0.4, -0.2) is 27.7 Å². The second-order valence-corrected chi connectivity index (χ2v) is 6.58. The molecule has 2 heterocycles. The fourth-order valence-electron chi connectivity index (χ4n) is 3.19. The van der Waals surface area contributed by atoms with E-state index in [0.717, 1.165) is 22.8 Å². The second kappa shape index (κ2) is 7.66. The van der Waals surface area contributed by atoms with Crippen molar-refractivity contribution in [3.63, 3.8) is 0 Å². The first kappa shape index (κ1) is 18.5. The molecule has 0 radical (unpaired) electrons. The van der Waals surface area contributed by atoms with Gasteiger partial charge in [-0.3, -0.25) is 10.3 Å². The van der Waals surface area contributed by atoms with Gasteiger partial charge in [-0.05, 0) is 53.9 Å². The Bertz CT molecular complexity index is 1140. The zero-order valence-electron chi connectivity index (χ0n) is 16.1. The zero-order chi connectivity index (χ0) is 20.4. The summed E-state index contributed by atoms with van der Waals surface area (Å²) in [6.07, 6.45) is 1.09. The number of hydrogen-bond donors (Lipinski definition) is 1. The van der Waals surface area contributed by atoms with E-state index in [9.17, 15) is 0 Å². The zero-order valence-corrected chi connectivity index (χ0v) is 16.1. The standard InChI is InChI=1S/C21H20N7O/c1-14-26-19-20(23)27(25-12-16-5-9-18(29-2)10-6-16)13-24-21(19)28(14)17-7-3-15(11-22)4-8-17/h3-10,13,20H,12,23H2,1-2H3/q+1. The van der Waals surface area contributed by atoms with Gasteiger partial charge in [0.15, 0.2) is 5.69 Å². The fraction of sp³-hybridized carbons (Fsp3) is 0.190.